The van der Waals surface area contributed by atoms with E-state index in [9.17, 15) is 0 Å². The zero-order valence-electron chi connectivity index (χ0n) is 61.0. The highest BCUT2D eigenvalue weighted by Crippen LogP contribution is 2.22. The molecular weight excluding hydrogens is 1030 g/mol. The van der Waals surface area contributed by atoms with Crippen molar-refractivity contribution in [3.05, 3.63) is 12.7 Å². The van der Waals surface area contributed by atoms with Gasteiger partial charge in [-0.2, -0.15) is 0 Å². The molecule has 0 rings (SSSR count). The molecule has 516 valence electrons. The van der Waals surface area contributed by atoms with Crippen LogP contribution in [-0.4, -0.2) is 0 Å². The molecule has 0 spiro atoms. The molecule has 0 heteroatoms. The molecule has 0 saturated carbocycles. The van der Waals surface area contributed by atoms with E-state index in [1.165, 1.54) is 533 Å². The highest BCUT2D eigenvalue weighted by molar-refractivity contribution is 4.65. The predicted octanol–water partition coefficient (Wildman–Crippen LogP) is 33.6. The molecule has 0 heterocycles. The van der Waals surface area contributed by atoms with Crippen molar-refractivity contribution in [1.29, 1.82) is 0 Å². The van der Waals surface area contributed by atoms with Crippen LogP contribution in [0.5, 0.6) is 0 Å². The van der Waals surface area contributed by atoms with Crippen LogP contribution in [0.15, 0.2) is 12.7 Å². The molecule has 0 aromatic carbocycles. The van der Waals surface area contributed by atoms with E-state index in [0.29, 0.717) is 0 Å². The molecule has 0 aromatic heterocycles. The van der Waals surface area contributed by atoms with Gasteiger partial charge in [-0.15, -0.1) is 6.58 Å². The zero-order valence-corrected chi connectivity index (χ0v) is 61.0. The van der Waals surface area contributed by atoms with Gasteiger partial charge in [0.15, 0.2) is 0 Å². The fourth-order valence-corrected chi connectivity index (χ4v) is 14.5. The van der Waals surface area contributed by atoms with E-state index >= 15 is 0 Å². The van der Waals surface area contributed by atoms with Gasteiger partial charge < -0.3 is 0 Å². The van der Waals surface area contributed by atoms with Gasteiger partial charge in [-0.25, -0.2) is 0 Å². The van der Waals surface area contributed by atoms with Crippen LogP contribution in [0.3, 0.4) is 0 Å². The van der Waals surface area contributed by atoms with Gasteiger partial charge >= 0.3 is 0 Å². The molecule has 0 aliphatic carbocycles. The molecule has 86 heavy (non-hydrogen) atoms. The summed E-state index contributed by atoms with van der Waals surface area (Å²) in [5, 5.41) is 0. The number of hydrogen-bond donors (Lipinski definition) is 0. The first-order valence-corrected chi connectivity index (χ1v) is 42.5. The fourth-order valence-electron chi connectivity index (χ4n) is 14.5. The maximum atomic E-state index is 3.82. The van der Waals surface area contributed by atoms with Crippen molar-refractivity contribution in [2.24, 2.45) is 0 Å². The molecule has 0 N–H and O–H groups in total. The normalized spacial score (nSPS) is 11.7. The second kappa shape index (κ2) is 84.7. The average Bonchev–Trinajstić information content (AvgIpc) is 3.52. The van der Waals surface area contributed by atoms with Crippen molar-refractivity contribution < 1.29 is 0 Å². The highest BCUT2D eigenvalue weighted by Gasteiger charge is 2.02. The Bertz CT molecular complexity index is 1100. The largest absolute Gasteiger partial charge is 0.103 e. The first-order chi connectivity index (χ1) is 42.9. The molecule has 0 radical (unpaired) electrons. The molecule has 0 aliphatic heterocycles. The van der Waals surface area contributed by atoms with E-state index in [-0.39, 0.29) is 0 Å². The van der Waals surface area contributed by atoms with E-state index < -0.39 is 0 Å². The van der Waals surface area contributed by atoms with Crippen LogP contribution >= 0.6 is 0 Å². The van der Waals surface area contributed by atoms with Gasteiger partial charge in [-0.3, -0.25) is 0 Å². The molecule has 0 amide bonds. The summed E-state index contributed by atoms with van der Waals surface area (Å²) in [5.74, 6) is 0. The molecule has 0 aromatic rings. The van der Waals surface area contributed by atoms with Crippen molar-refractivity contribution in [1.82, 2.24) is 0 Å². The number of hydrogen-bond acceptors (Lipinski definition) is 0. The number of unbranched alkanes of at least 4 members (excludes halogenated alkanes) is 82. The Hall–Kier alpha value is -0.260. The predicted molar refractivity (Wildman–Crippen MR) is 399 cm³/mol. The summed E-state index contributed by atoms with van der Waals surface area (Å²) < 4.78 is 0. The highest BCUT2D eigenvalue weighted by atomic mass is 14.1. The van der Waals surface area contributed by atoms with Gasteiger partial charge in [0, 0.05) is 0 Å². The van der Waals surface area contributed by atoms with Crippen molar-refractivity contribution in [2.45, 2.75) is 540 Å². The van der Waals surface area contributed by atoms with Crippen molar-refractivity contribution in [2.75, 3.05) is 0 Å². The van der Waals surface area contributed by atoms with Gasteiger partial charge in [0.25, 0.3) is 0 Å². The standard InChI is InChI=1S/C86H172/c1-3-5-7-9-11-13-15-17-19-21-23-25-27-29-31-33-35-37-39-41-43-45-47-49-51-53-55-57-59-61-63-65-67-69-71-73-75-77-79-81-83-85-86-84-82-80-78-76-74-72-70-68-66-64-62-60-58-56-54-52-50-48-46-44-42-40-38-36-34-32-30-28-26-24-22-20-18-16-14-12-10-8-6-4-2/h3H,1,4-86H2,2H3. The summed E-state index contributed by atoms with van der Waals surface area (Å²) in [5.41, 5.74) is 0. The number of allylic oxidation sites excluding steroid dienone is 1. The van der Waals surface area contributed by atoms with Crippen LogP contribution in [0.4, 0.5) is 0 Å². The van der Waals surface area contributed by atoms with E-state index in [2.05, 4.69) is 19.6 Å². The molecule has 0 aliphatic rings. The van der Waals surface area contributed by atoms with Gasteiger partial charge in [-0.1, -0.05) is 533 Å². The minimum absolute atomic E-state index is 1.21. The maximum absolute atomic E-state index is 3.82. The van der Waals surface area contributed by atoms with Gasteiger partial charge in [-0.05, 0) is 12.8 Å². The van der Waals surface area contributed by atoms with Crippen LogP contribution in [0, 0.1) is 0 Å². The summed E-state index contributed by atoms with van der Waals surface area (Å²) >= 11 is 0. The fraction of sp³-hybridized carbons (Fsp3) is 0.977. The van der Waals surface area contributed by atoms with E-state index in [0.717, 1.165) is 0 Å². The minimum atomic E-state index is 1.21. The van der Waals surface area contributed by atoms with Gasteiger partial charge in [0.05, 0.1) is 0 Å². The Labute approximate surface area is 549 Å². The Balaban J connectivity index is 3.08. The van der Waals surface area contributed by atoms with Crippen LogP contribution in [-0.2, 0) is 0 Å². The van der Waals surface area contributed by atoms with Crippen molar-refractivity contribution in [3.8, 4) is 0 Å². The smallest absolute Gasteiger partial charge is 0.0353 e. The quantitative estimate of drug-likeness (QED) is 0.0421. The van der Waals surface area contributed by atoms with Crippen LogP contribution in [0.25, 0.3) is 0 Å². The third-order valence-electron chi connectivity index (χ3n) is 20.8. The van der Waals surface area contributed by atoms with Crippen molar-refractivity contribution >= 4 is 0 Å². The van der Waals surface area contributed by atoms with Crippen molar-refractivity contribution in [3.63, 3.8) is 0 Å². The molecule has 0 atom stereocenters. The summed E-state index contributed by atoms with van der Waals surface area (Å²) in [6.07, 6.45) is 125. The molecule has 0 nitrogen and oxygen atoms in total. The third kappa shape index (κ3) is 83.7. The Morgan fingerprint density at radius 1 is 0.116 bits per heavy atom. The molecular formula is C86H172. The van der Waals surface area contributed by atoms with Crippen LogP contribution in [0.1, 0.15) is 540 Å². The monoisotopic (exact) mass is 1210 g/mol. The summed E-state index contributed by atoms with van der Waals surface area (Å²) in [7, 11) is 0. The van der Waals surface area contributed by atoms with E-state index in [1.807, 2.05) is 0 Å². The Kier molecular flexibility index (Phi) is 84.5. The molecule has 0 fully saturated rings. The molecule has 0 bridgehead atoms. The Morgan fingerprint density at radius 2 is 0.186 bits per heavy atom. The third-order valence-corrected chi connectivity index (χ3v) is 20.8. The lowest BCUT2D eigenvalue weighted by Gasteiger charge is -2.05. The lowest BCUT2D eigenvalue weighted by molar-refractivity contribution is 0.505. The first kappa shape index (κ1) is 85.7. The SMILES string of the molecule is C=CCCCCCCCCCCCCCCCCCCCCCCCCCCCCCCCCCCCCCCCCCCCCCCCCCCCCCCCCCCCCCCCCCCCCCCCCCCCCCCCCCCCC. The minimum Gasteiger partial charge on any atom is -0.103 e. The topological polar surface area (TPSA) is 0 Å². The van der Waals surface area contributed by atoms with Crippen LogP contribution < -0.4 is 0 Å². The molecule has 0 saturated heterocycles. The summed E-state index contributed by atoms with van der Waals surface area (Å²) in [4.78, 5) is 0. The second-order valence-corrected chi connectivity index (χ2v) is 29.7. The van der Waals surface area contributed by atoms with Gasteiger partial charge in [0.1, 0.15) is 0 Å². The van der Waals surface area contributed by atoms with Gasteiger partial charge in [0.2, 0.25) is 0 Å². The van der Waals surface area contributed by atoms with Crippen LogP contribution in [0.2, 0.25) is 0 Å². The number of rotatable bonds is 83. The lowest BCUT2D eigenvalue weighted by atomic mass is 10.0. The van der Waals surface area contributed by atoms with E-state index in [1.54, 1.807) is 0 Å². The second-order valence-electron chi connectivity index (χ2n) is 29.7. The lowest BCUT2D eigenvalue weighted by Crippen LogP contribution is -1.85. The summed E-state index contributed by atoms with van der Waals surface area (Å²) in [6, 6.07) is 0. The maximum Gasteiger partial charge on any atom is -0.0353 e. The first-order valence-electron chi connectivity index (χ1n) is 42.5. The van der Waals surface area contributed by atoms with E-state index in [4.69, 9.17) is 0 Å². The average molecular weight is 1210 g/mol. The summed E-state index contributed by atoms with van der Waals surface area (Å²) in [6.45, 7) is 6.14. The Morgan fingerprint density at radius 3 is 0.256 bits per heavy atom. The molecule has 0 unspecified atom stereocenters. The zero-order chi connectivity index (χ0) is 61.4.